The Morgan fingerprint density at radius 1 is 1.00 bits per heavy atom. The minimum atomic E-state index is -0.212. The number of likely N-dealkylation sites (N-methyl/N-ethyl adjacent to an activating group) is 2. The average molecular weight is 425 g/mol. The highest BCUT2D eigenvalue weighted by atomic mass is 16.5. The first-order valence-electron chi connectivity index (χ1n) is 10.6. The molecule has 0 bridgehead atoms. The Morgan fingerprint density at radius 2 is 1.68 bits per heavy atom. The van der Waals surface area contributed by atoms with Gasteiger partial charge in [-0.3, -0.25) is 14.5 Å². The monoisotopic (exact) mass is 424 g/mol. The van der Waals surface area contributed by atoms with Crippen LogP contribution in [0.4, 0.5) is 11.4 Å². The van der Waals surface area contributed by atoms with Gasteiger partial charge in [0.25, 0.3) is 0 Å². The molecule has 1 fully saturated rings. The fourth-order valence-corrected chi connectivity index (χ4v) is 3.57. The Balaban J connectivity index is 1.44. The van der Waals surface area contributed by atoms with Gasteiger partial charge in [-0.15, -0.1) is 0 Å². The Kier molecular flexibility index (Phi) is 8.03. The number of morpholine rings is 1. The number of amides is 2. The van der Waals surface area contributed by atoms with Gasteiger partial charge in [-0.1, -0.05) is 24.3 Å². The van der Waals surface area contributed by atoms with Crippen LogP contribution in [-0.4, -0.2) is 75.1 Å². The number of benzene rings is 2. The molecule has 0 radical (unpaired) electrons. The van der Waals surface area contributed by atoms with E-state index in [1.165, 1.54) is 16.0 Å². The summed E-state index contributed by atoms with van der Waals surface area (Å²) in [5.41, 5.74) is 4.23. The van der Waals surface area contributed by atoms with Crippen molar-refractivity contribution < 1.29 is 14.3 Å². The summed E-state index contributed by atoms with van der Waals surface area (Å²) < 4.78 is 5.38. The third-order valence-corrected chi connectivity index (χ3v) is 5.44. The first-order chi connectivity index (χ1) is 14.9. The van der Waals surface area contributed by atoms with Crippen LogP contribution in [0.5, 0.6) is 0 Å². The average Bonchev–Trinajstić information content (AvgIpc) is 2.76. The van der Waals surface area contributed by atoms with Crippen molar-refractivity contribution in [2.45, 2.75) is 13.5 Å². The van der Waals surface area contributed by atoms with Crippen LogP contribution >= 0.6 is 0 Å². The van der Waals surface area contributed by atoms with E-state index in [1.807, 2.05) is 48.3 Å². The predicted molar refractivity (Wildman–Crippen MR) is 123 cm³/mol. The first kappa shape index (κ1) is 22.8. The number of hydrogen-bond acceptors (Lipinski definition) is 5. The van der Waals surface area contributed by atoms with E-state index in [0.717, 1.165) is 37.7 Å². The number of aryl methyl sites for hydroxylation is 1. The summed E-state index contributed by atoms with van der Waals surface area (Å²) in [6.45, 7) is 6.24. The van der Waals surface area contributed by atoms with Crippen LogP contribution in [-0.2, 0) is 20.9 Å². The van der Waals surface area contributed by atoms with Gasteiger partial charge < -0.3 is 19.9 Å². The minimum absolute atomic E-state index is 0.0161. The van der Waals surface area contributed by atoms with Crippen molar-refractivity contribution in [1.29, 1.82) is 0 Å². The maximum Gasteiger partial charge on any atom is 0.243 e. The molecule has 7 heteroatoms. The number of ether oxygens (including phenoxy) is 1. The van der Waals surface area contributed by atoms with Crippen molar-refractivity contribution in [3.63, 3.8) is 0 Å². The normalized spacial score (nSPS) is 13.9. The minimum Gasteiger partial charge on any atom is -0.378 e. The highest BCUT2D eigenvalue weighted by Gasteiger charge is 2.16. The smallest absolute Gasteiger partial charge is 0.243 e. The lowest BCUT2D eigenvalue weighted by Gasteiger charge is -2.29. The molecule has 0 spiro atoms. The zero-order valence-corrected chi connectivity index (χ0v) is 18.6. The van der Waals surface area contributed by atoms with Gasteiger partial charge in [0.15, 0.2) is 0 Å². The highest BCUT2D eigenvalue weighted by Crippen LogP contribution is 2.19. The van der Waals surface area contributed by atoms with Gasteiger partial charge in [0.05, 0.1) is 26.3 Å². The van der Waals surface area contributed by atoms with Crippen molar-refractivity contribution in [3.8, 4) is 0 Å². The molecule has 0 aromatic heterocycles. The van der Waals surface area contributed by atoms with Crippen molar-refractivity contribution in [3.05, 3.63) is 59.7 Å². The van der Waals surface area contributed by atoms with Gasteiger partial charge in [-0.25, -0.2) is 0 Å². The molecular weight excluding hydrogens is 392 g/mol. The predicted octanol–water partition coefficient (Wildman–Crippen LogP) is 2.36. The molecule has 2 amide bonds. The fourth-order valence-electron chi connectivity index (χ4n) is 3.57. The topological polar surface area (TPSA) is 65.1 Å². The summed E-state index contributed by atoms with van der Waals surface area (Å²) in [5.74, 6) is -0.301. The molecule has 0 atom stereocenters. The summed E-state index contributed by atoms with van der Waals surface area (Å²) >= 11 is 0. The summed E-state index contributed by atoms with van der Waals surface area (Å²) in [5, 5.41) is 2.87. The number of rotatable bonds is 8. The van der Waals surface area contributed by atoms with Crippen molar-refractivity contribution in [2.24, 2.45) is 0 Å². The quantitative estimate of drug-likeness (QED) is 0.705. The zero-order valence-electron chi connectivity index (χ0n) is 18.6. The summed E-state index contributed by atoms with van der Waals surface area (Å²) in [6, 6.07) is 15.9. The molecule has 3 rings (SSSR count). The molecule has 0 unspecified atom stereocenters. The third-order valence-electron chi connectivity index (χ3n) is 5.44. The van der Waals surface area contributed by atoms with E-state index in [9.17, 15) is 9.59 Å². The second-order valence-corrected chi connectivity index (χ2v) is 8.04. The van der Waals surface area contributed by atoms with Crippen molar-refractivity contribution in [2.75, 3.05) is 63.7 Å². The van der Waals surface area contributed by atoms with Gasteiger partial charge in [0.1, 0.15) is 0 Å². The van der Waals surface area contributed by atoms with E-state index < -0.39 is 0 Å². The maximum absolute atomic E-state index is 12.5. The molecule has 7 nitrogen and oxygen atoms in total. The van der Waals surface area contributed by atoms with E-state index in [-0.39, 0.29) is 24.9 Å². The Bertz CT molecular complexity index is 879. The van der Waals surface area contributed by atoms with Crippen LogP contribution in [0.25, 0.3) is 0 Å². The number of anilines is 2. The maximum atomic E-state index is 12.5. The number of nitrogens with one attached hydrogen (secondary N) is 1. The van der Waals surface area contributed by atoms with Crippen LogP contribution in [0.2, 0.25) is 0 Å². The second-order valence-electron chi connectivity index (χ2n) is 8.04. The third kappa shape index (κ3) is 6.80. The number of carbonyl (C=O) groups excluding carboxylic acids is 2. The van der Waals surface area contributed by atoms with Crippen LogP contribution in [0, 0.1) is 6.92 Å². The zero-order chi connectivity index (χ0) is 22.2. The Hall–Kier alpha value is -2.90. The van der Waals surface area contributed by atoms with Crippen LogP contribution in [0.3, 0.4) is 0 Å². The van der Waals surface area contributed by atoms with Gasteiger partial charge >= 0.3 is 0 Å². The van der Waals surface area contributed by atoms with Gasteiger partial charge in [-0.05, 0) is 49.4 Å². The summed E-state index contributed by atoms with van der Waals surface area (Å²) in [6.07, 6.45) is 0. The lowest BCUT2D eigenvalue weighted by atomic mass is 10.1. The number of carbonyl (C=O) groups is 2. The molecular formula is C24H32N4O3. The molecule has 0 saturated carbocycles. The lowest BCUT2D eigenvalue weighted by Crippen LogP contribution is -2.40. The lowest BCUT2D eigenvalue weighted by molar-refractivity contribution is -0.134. The molecule has 166 valence electrons. The molecule has 0 aliphatic carbocycles. The SMILES string of the molecule is Cc1ccccc1CN(C)CC(=O)N(C)CC(=O)Nc1ccc(N2CCOCC2)cc1. The van der Waals surface area contributed by atoms with Crippen molar-refractivity contribution >= 4 is 23.2 Å². The van der Waals surface area contributed by atoms with E-state index >= 15 is 0 Å². The van der Waals surface area contributed by atoms with E-state index in [4.69, 9.17) is 4.74 Å². The van der Waals surface area contributed by atoms with Crippen LogP contribution in [0.1, 0.15) is 11.1 Å². The molecule has 2 aromatic rings. The largest absolute Gasteiger partial charge is 0.378 e. The highest BCUT2D eigenvalue weighted by molar-refractivity contribution is 5.94. The molecule has 31 heavy (non-hydrogen) atoms. The summed E-state index contributed by atoms with van der Waals surface area (Å²) in [4.78, 5) is 30.6. The number of nitrogens with zero attached hydrogens (tertiary/aromatic N) is 3. The summed E-state index contributed by atoms with van der Waals surface area (Å²) in [7, 11) is 3.57. The van der Waals surface area contributed by atoms with Gasteiger partial charge in [-0.2, -0.15) is 0 Å². The van der Waals surface area contributed by atoms with E-state index in [2.05, 4.69) is 29.3 Å². The van der Waals surface area contributed by atoms with Crippen molar-refractivity contribution in [1.82, 2.24) is 9.80 Å². The van der Waals surface area contributed by atoms with Crippen LogP contribution < -0.4 is 10.2 Å². The second kappa shape index (κ2) is 10.9. The van der Waals surface area contributed by atoms with E-state index in [1.54, 1.807) is 7.05 Å². The fraction of sp³-hybridized carbons (Fsp3) is 0.417. The van der Waals surface area contributed by atoms with Gasteiger partial charge in [0.2, 0.25) is 11.8 Å². The Morgan fingerprint density at radius 3 is 2.35 bits per heavy atom. The first-order valence-corrected chi connectivity index (χ1v) is 10.6. The molecule has 1 N–H and O–H groups in total. The van der Waals surface area contributed by atoms with Crippen LogP contribution in [0.15, 0.2) is 48.5 Å². The van der Waals surface area contributed by atoms with E-state index in [0.29, 0.717) is 6.54 Å². The number of hydrogen-bond donors (Lipinski definition) is 1. The molecule has 1 saturated heterocycles. The molecule has 1 heterocycles. The standard InChI is InChI=1S/C24H32N4O3/c1-19-6-4-5-7-20(19)16-26(2)18-24(30)27(3)17-23(29)25-21-8-10-22(11-9-21)28-12-14-31-15-13-28/h4-11H,12-18H2,1-3H3,(H,25,29). The van der Waals surface area contributed by atoms with Gasteiger partial charge in [0, 0.05) is 38.1 Å². The molecule has 1 aliphatic rings. The Labute approximate surface area is 184 Å². The molecule has 1 aliphatic heterocycles. The molecule has 2 aromatic carbocycles.